The van der Waals surface area contributed by atoms with Crippen LogP contribution >= 0.6 is 0 Å². The molecule has 2 aromatic carbocycles. The van der Waals surface area contributed by atoms with Gasteiger partial charge in [-0.05, 0) is 36.4 Å². The van der Waals surface area contributed by atoms with Crippen molar-refractivity contribution in [1.82, 2.24) is 0 Å². The Labute approximate surface area is 89.0 Å². The van der Waals surface area contributed by atoms with Crippen molar-refractivity contribution in [3.05, 3.63) is 54.6 Å². The smallest absolute Gasteiger partial charge is 0.115 e. The predicted molar refractivity (Wildman–Crippen MR) is 63.4 cm³/mol. The molecule has 0 radical (unpaired) electrons. The molecule has 0 atom stereocenters. The van der Waals surface area contributed by atoms with E-state index in [2.05, 4.69) is 0 Å². The van der Waals surface area contributed by atoms with Crippen LogP contribution in [0.3, 0.4) is 0 Å². The molecule has 0 unspecified atom stereocenters. The van der Waals surface area contributed by atoms with Gasteiger partial charge in [0.15, 0.2) is 0 Å². The Morgan fingerprint density at radius 2 is 1.07 bits per heavy atom. The second-order valence-corrected chi connectivity index (χ2v) is 3.00. The van der Waals surface area contributed by atoms with E-state index < -0.39 is 0 Å². The van der Waals surface area contributed by atoms with Crippen LogP contribution in [0, 0.1) is 0 Å². The number of aromatic hydroxyl groups is 1. The fourth-order valence-electron chi connectivity index (χ4n) is 0.924. The fourth-order valence-corrected chi connectivity index (χ4v) is 0.924. The number of rotatable bonds is 0. The molecule has 15 heavy (non-hydrogen) atoms. The van der Waals surface area contributed by atoms with Gasteiger partial charge in [-0.2, -0.15) is 0 Å². The summed E-state index contributed by atoms with van der Waals surface area (Å²) < 4.78 is 0. The van der Waals surface area contributed by atoms with Gasteiger partial charge in [-0.25, -0.2) is 0 Å². The average Bonchev–Trinajstić information content (AvgIpc) is 2.25. The molecule has 78 valence electrons. The molecule has 2 rings (SSSR count). The van der Waals surface area contributed by atoms with Gasteiger partial charge in [-0.15, -0.1) is 0 Å². The first kappa shape index (κ1) is 10.9. The number of phenols is 1. The predicted octanol–water partition coefficient (Wildman–Crippen LogP) is 2.24. The summed E-state index contributed by atoms with van der Waals surface area (Å²) in [5.41, 5.74) is 12.2. The Kier molecular flexibility index (Phi) is 4.04. The van der Waals surface area contributed by atoms with Crippen LogP contribution in [0.4, 0.5) is 11.4 Å². The van der Waals surface area contributed by atoms with E-state index >= 15 is 0 Å². The molecular formula is C12H14N2O. The zero-order valence-corrected chi connectivity index (χ0v) is 8.30. The van der Waals surface area contributed by atoms with E-state index in [9.17, 15) is 0 Å². The van der Waals surface area contributed by atoms with Gasteiger partial charge < -0.3 is 16.6 Å². The molecule has 0 aliphatic rings. The maximum atomic E-state index is 8.63. The minimum Gasteiger partial charge on any atom is -0.508 e. The van der Waals surface area contributed by atoms with Crippen LogP contribution < -0.4 is 11.5 Å². The molecule has 0 heterocycles. The van der Waals surface area contributed by atoms with Crippen molar-refractivity contribution >= 4 is 11.4 Å². The molecule has 0 amide bonds. The SMILES string of the molecule is Nc1ccc(N)cc1.Oc1ccccc1. The van der Waals surface area contributed by atoms with Gasteiger partial charge in [-0.3, -0.25) is 0 Å². The van der Waals surface area contributed by atoms with E-state index in [-0.39, 0.29) is 0 Å². The third-order valence-corrected chi connectivity index (χ3v) is 1.69. The molecule has 0 aliphatic heterocycles. The lowest BCUT2D eigenvalue weighted by atomic mass is 10.3. The third kappa shape index (κ3) is 4.57. The van der Waals surface area contributed by atoms with Crippen molar-refractivity contribution in [2.45, 2.75) is 0 Å². The lowest BCUT2D eigenvalue weighted by Crippen LogP contribution is -1.86. The number of benzene rings is 2. The second-order valence-electron chi connectivity index (χ2n) is 3.00. The zero-order chi connectivity index (χ0) is 11.1. The van der Waals surface area contributed by atoms with Crippen LogP contribution in [-0.2, 0) is 0 Å². The molecule has 0 aliphatic carbocycles. The molecule has 5 N–H and O–H groups in total. The van der Waals surface area contributed by atoms with Crippen molar-refractivity contribution in [3.8, 4) is 5.75 Å². The number of nitrogen functional groups attached to an aromatic ring is 2. The number of hydrogen-bond acceptors (Lipinski definition) is 3. The Bertz CT molecular complexity index is 363. The molecule has 0 spiro atoms. The van der Waals surface area contributed by atoms with Gasteiger partial charge in [0, 0.05) is 11.4 Å². The molecule has 3 heteroatoms. The normalized spacial score (nSPS) is 8.80. The highest BCUT2D eigenvalue weighted by molar-refractivity contribution is 5.47. The van der Waals surface area contributed by atoms with E-state index in [1.165, 1.54) is 0 Å². The lowest BCUT2D eigenvalue weighted by Gasteiger charge is -1.90. The summed E-state index contributed by atoms with van der Waals surface area (Å²) in [7, 11) is 0. The second kappa shape index (κ2) is 5.54. The van der Waals surface area contributed by atoms with Crippen LogP contribution in [-0.4, -0.2) is 5.11 Å². The van der Waals surface area contributed by atoms with Crippen molar-refractivity contribution < 1.29 is 5.11 Å². The molecule has 0 saturated heterocycles. The lowest BCUT2D eigenvalue weighted by molar-refractivity contribution is 0.475. The first-order chi connectivity index (χ1) is 7.18. The molecular weight excluding hydrogens is 188 g/mol. The van der Waals surface area contributed by atoms with E-state index in [4.69, 9.17) is 16.6 Å². The van der Waals surface area contributed by atoms with Gasteiger partial charge in [0.2, 0.25) is 0 Å². The largest absolute Gasteiger partial charge is 0.508 e. The number of para-hydroxylation sites is 1. The number of nitrogens with two attached hydrogens (primary N) is 2. The maximum Gasteiger partial charge on any atom is 0.115 e. The van der Waals surface area contributed by atoms with Crippen LogP contribution in [0.25, 0.3) is 0 Å². The molecule has 0 aromatic heterocycles. The number of hydrogen-bond donors (Lipinski definition) is 3. The van der Waals surface area contributed by atoms with Crippen molar-refractivity contribution in [2.75, 3.05) is 11.5 Å². The topological polar surface area (TPSA) is 72.3 Å². The maximum absolute atomic E-state index is 8.63. The van der Waals surface area contributed by atoms with E-state index in [0.29, 0.717) is 5.75 Å². The van der Waals surface area contributed by atoms with E-state index in [1.807, 2.05) is 6.07 Å². The van der Waals surface area contributed by atoms with Crippen LogP contribution in [0.15, 0.2) is 54.6 Å². The molecule has 0 bridgehead atoms. The summed E-state index contributed by atoms with van der Waals surface area (Å²) in [6.45, 7) is 0. The number of anilines is 2. The van der Waals surface area contributed by atoms with Crippen molar-refractivity contribution in [2.24, 2.45) is 0 Å². The molecule has 2 aromatic rings. The average molecular weight is 202 g/mol. The van der Waals surface area contributed by atoms with Crippen LogP contribution in [0.1, 0.15) is 0 Å². The quantitative estimate of drug-likeness (QED) is 0.574. The summed E-state index contributed by atoms with van der Waals surface area (Å²) in [5.74, 6) is 0.322. The van der Waals surface area contributed by atoms with E-state index in [1.54, 1.807) is 48.5 Å². The summed E-state index contributed by atoms with van der Waals surface area (Å²) >= 11 is 0. The zero-order valence-electron chi connectivity index (χ0n) is 8.30. The number of phenolic OH excluding ortho intramolecular Hbond substituents is 1. The molecule has 0 fully saturated rings. The highest BCUT2D eigenvalue weighted by Gasteiger charge is 1.80. The van der Waals surface area contributed by atoms with Crippen molar-refractivity contribution in [3.63, 3.8) is 0 Å². The first-order valence-corrected chi connectivity index (χ1v) is 4.53. The van der Waals surface area contributed by atoms with Crippen LogP contribution in [0.5, 0.6) is 5.75 Å². The Morgan fingerprint density at radius 1 is 0.667 bits per heavy atom. The van der Waals surface area contributed by atoms with Gasteiger partial charge in [0.1, 0.15) is 5.75 Å². The summed E-state index contributed by atoms with van der Waals surface area (Å²) in [5, 5.41) is 8.63. The van der Waals surface area contributed by atoms with E-state index in [0.717, 1.165) is 11.4 Å². The van der Waals surface area contributed by atoms with Gasteiger partial charge in [0.05, 0.1) is 0 Å². The minimum absolute atomic E-state index is 0.322. The highest BCUT2D eigenvalue weighted by atomic mass is 16.3. The monoisotopic (exact) mass is 202 g/mol. The summed E-state index contributed by atoms with van der Waals surface area (Å²) in [6, 6.07) is 15.8. The first-order valence-electron chi connectivity index (χ1n) is 4.53. The highest BCUT2D eigenvalue weighted by Crippen LogP contribution is 2.05. The molecule has 0 saturated carbocycles. The van der Waals surface area contributed by atoms with Gasteiger partial charge >= 0.3 is 0 Å². The summed E-state index contributed by atoms with van der Waals surface area (Å²) in [4.78, 5) is 0. The fraction of sp³-hybridized carbons (Fsp3) is 0. The minimum atomic E-state index is 0.322. The third-order valence-electron chi connectivity index (χ3n) is 1.69. The Hall–Kier alpha value is -2.16. The Morgan fingerprint density at radius 3 is 1.33 bits per heavy atom. The Balaban J connectivity index is 0.000000151. The van der Waals surface area contributed by atoms with Gasteiger partial charge in [0.25, 0.3) is 0 Å². The molecule has 3 nitrogen and oxygen atoms in total. The standard InChI is InChI=1S/C6H8N2.C6H6O/c7-5-1-2-6(8)4-3-5;7-6-4-2-1-3-5-6/h1-4H,7-8H2;1-5,7H. The summed E-state index contributed by atoms with van der Waals surface area (Å²) in [6.07, 6.45) is 0. The van der Waals surface area contributed by atoms with Gasteiger partial charge in [-0.1, -0.05) is 18.2 Å². The van der Waals surface area contributed by atoms with Crippen LogP contribution in [0.2, 0.25) is 0 Å². The van der Waals surface area contributed by atoms with Crippen molar-refractivity contribution in [1.29, 1.82) is 0 Å².